The van der Waals surface area contributed by atoms with Gasteiger partial charge in [-0.15, -0.1) is 0 Å². The highest BCUT2D eigenvalue weighted by Gasteiger charge is 2.12. The molecule has 8 nitrogen and oxygen atoms in total. The number of rotatable bonds is 4. The number of para-hydroxylation sites is 2. The Morgan fingerprint density at radius 1 is 0.667 bits per heavy atom. The van der Waals surface area contributed by atoms with Crippen LogP contribution < -0.4 is 11.3 Å². The average Bonchev–Trinajstić information content (AvgIpc) is 2.83. The Hall–Kier alpha value is -4.98. The highest BCUT2D eigenvalue weighted by molar-refractivity contribution is 6.02. The van der Waals surface area contributed by atoms with Gasteiger partial charge in [0.2, 0.25) is 0 Å². The van der Waals surface area contributed by atoms with Crippen molar-refractivity contribution in [1.82, 2.24) is 0 Å². The van der Waals surface area contributed by atoms with Crippen molar-refractivity contribution in [1.29, 1.82) is 0 Å². The number of phenols is 2. The van der Waals surface area contributed by atoms with Crippen LogP contribution in [-0.2, 0) is 0 Å². The number of hydrogen-bond donors (Lipinski definition) is 2. The summed E-state index contributed by atoms with van der Waals surface area (Å²) in [6.45, 7) is 3.57. The van der Waals surface area contributed by atoms with Crippen molar-refractivity contribution in [3.05, 3.63) is 104 Å². The van der Waals surface area contributed by atoms with Crippen LogP contribution in [0.2, 0.25) is 0 Å². The van der Waals surface area contributed by atoms with E-state index in [-0.39, 0.29) is 33.8 Å². The summed E-state index contributed by atoms with van der Waals surface area (Å²) in [6, 6.07) is 16.1. The van der Waals surface area contributed by atoms with E-state index in [1.165, 1.54) is 36.7 Å². The summed E-state index contributed by atoms with van der Waals surface area (Å²) in [5.41, 5.74) is 2.29. The molecule has 0 spiro atoms. The lowest BCUT2D eigenvalue weighted by molar-refractivity contribution is 0.471. The van der Waals surface area contributed by atoms with Crippen LogP contribution in [0.15, 0.2) is 89.1 Å². The van der Waals surface area contributed by atoms with Crippen LogP contribution >= 0.6 is 0 Å². The van der Waals surface area contributed by atoms with Crippen molar-refractivity contribution in [2.24, 2.45) is 9.98 Å². The third-order valence-corrected chi connectivity index (χ3v) is 5.82. The normalized spacial score (nSPS) is 11.8. The highest BCUT2D eigenvalue weighted by Crippen LogP contribution is 2.32. The summed E-state index contributed by atoms with van der Waals surface area (Å²) in [5.74, 6) is -0.181. The second-order valence-corrected chi connectivity index (χ2v) is 8.25. The fraction of sp³-hybridized carbons (Fsp3) is 0.0714. The quantitative estimate of drug-likeness (QED) is 0.261. The van der Waals surface area contributed by atoms with Crippen molar-refractivity contribution >= 4 is 45.7 Å². The lowest BCUT2D eigenvalue weighted by Gasteiger charge is -2.07. The van der Waals surface area contributed by atoms with E-state index in [4.69, 9.17) is 8.83 Å². The molecule has 8 heteroatoms. The van der Waals surface area contributed by atoms with Crippen molar-refractivity contribution in [3.63, 3.8) is 0 Å². The second kappa shape index (κ2) is 8.99. The first-order chi connectivity index (χ1) is 17.3. The molecule has 0 bridgehead atoms. The number of aromatic hydroxyl groups is 2. The van der Waals surface area contributed by atoms with Crippen molar-refractivity contribution in [3.8, 4) is 11.5 Å². The molecule has 0 unspecified atom stereocenters. The first kappa shape index (κ1) is 22.8. The Labute approximate surface area is 204 Å². The van der Waals surface area contributed by atoms with E-state index >= 15 is 0 Å². The summed E-state index contributed by atoms with van der Waals surface area (Å²) >= 11 is 0. The predicted octanol–water partition coefficient (Wildman–Crippen LogP) is 5.43. The zero-order valence-electron chi connectivity index (χ0n) is 19.4. The average molecular weight is 480 g/mol. The van der Waals surface area contributed by atoms with Crippen molar-refractivity contribution < 1.29 is 19.0 Å². The minimum absolute atomic E-state index is 0.0907. The molecule has 0 radical (unpaired) electrons. The van der Waals surface area contributed by atoms with Gasteiger partial charge in [-0.3, -0.25) is 9.98 Å². The summed E-state index contributed by atoms with van der Waals surface area (Å²) in [4.78, 5) is 32.8. The molecule has 2 N–H and O–H groups in total. The number of aryl methyl sites for hydroxylation is 2. The minimum Gasteiger partial charge on any atom is -0.507 e. The maximum atomic E-state index is 11.9. The predicted molar refractivity (Wildman–Crippen MR) is 139 cm³/mol. The summed E-state index contributed by atoms with van der Waals surface area (Å²) in [6.07, 6.45) is 2.82. The van der Waals surface area contributed by atoms with E-state index in [2.05, 4.69) is 9.98 Å². The van der Waals surface area contributed by atoms with E-state index in [9.17, 15) is 19.8 Å². The lowest BCUT2D eigenvalue weighted by atomic mass is 10.1. The van der Waals surface area contributed by atoms with Crippen LogP contribution in [-0.4, -0.2) is 22.6 Å². The number of aliphatic imine (C=N–C) groups is 2. The van der Waals surface area contributed by atoms with Gasteiger partial charge in [0.15, 0.2) is 11.2 Å². The zero-order chi connectivity index (χ0) is 25.4. The fourth-order valence-corrected chi connectivity index (χ4v) is 3.99. The topological polar surface area (TPSA) is 126 Å². The summed E-state index contributed by atoms with van der Waals surface area (Å²) in [7, 11) is 0. The Balaban J connectivity index is 1.59. The van der Waals surface area contributed by atoms with Crippen molar-refractivity contribution in [2.75, 3.05) is 0 Å². The molecular formula is C28H20N2O6. The second-order valence-electron chi connectivity index (χ2n) is 8.25. The highest BCUT2D eigenvalue weighted by atomic mass is 16.4. The molecule has 0 saturated carbocycles. The van der Waals surface area contributed by atoms with Crippen LogP contribution in [0.1, 0.15) is 22.3 Å². The Morgan fingerprint density at radius 3 is 1.50 bits per heavy atom. The molecule has 0 saturated heterocycles. The SMILES string of the molecule is Cc1cc(=O)oc2c(C=Nc3ccccc3N=Cc3c(O)ccc4c(C)cc(=O)oc34)c(O)ccc12. The minimum atomic E-state index is -0.526. The van der Waals surface area contributed by atoms with E-state index in [0.717, 1.165) is 11.1 Å². The van der Waals surface area contributed by atoms with Gasteiger partial charge in [-0.1, -0.05) is 12.1 Å². The van der Waals surface area contributed by atoms with Crippen LogP contribution in [0.25, 0.3) is 21.9 Å². The van der Waals surface area contributed by atoms with Gasteiger partial charge in [-0.2, -0.15) is 0 Å². The molecule has 5 aromatic rings. The maximum Gasteiger partial charge on any atom is 0.336 e. The third kappa shape index (κ3) is 4.16. The van der Waals surface area contributed by atoms with E-state index in [1.54, 1.807) is 50.2 Å². The molecule has 0 aliphatic heterocycles. The number of hydrogen-bond acceptors (Lipinski definition) is 8. The number of nitrogens with zero attached hydrogens (tertiary/aromatic N) is 2. The Kier molecular flexibility index (Phi) is 5.69. The molecule has 3 aromatic carbocycles. The third-order valence-electron chi connectivity index (χ3n) is 5.82. The van der Waals surface area contributed by atoms with E-state index in [0.29, 0.717) is 22.1 Å². The van der Waals surface area contributed by atoms with Crippen LogP contribution in [0.4, 0.5) is 11.4 Å². The van der Waals surface area contributed by atoms with Gasteiger partial charge in [0.1, 0.15) is 11.5 Å². The summed E-state index contributed by atoms with van der Waals surface area (Å²) < 4.78 is 10.7. The monoisotopic (exact) mass is 480 g/mol. The molecule has 2 aromatic heterocycles. The molecule has 36 heavy (non-hydrogen) atoms. The molecule has 0 fully saturated rings. The van der Waals surface area contributed by atoms with Gasteiger partial charge in [-0.25, -0.2) is 9.59 Å². The molecule has 0 amide bonds. The molecule has 2 heterocycles. The maximum absolute atomic E-state index is 11.9. The van der Waals surface area contributed by atoms with E-state index < -0.39 is 11.3 Å². The van der Waals surface area contributed by atoms with Gasteiger partial charge >= 0.3 is 11.3 Å². The van der Waals surface area contributed by atoms with Gasteiger partial charge < -0.3 is 19.0 Å². The molecule has 0 atom stereocenters. The molecule has 178 valence electrons. The number of fused-ring (bicyclic) bond motifs is 2. The van der Waals surface area contributed by atoms with Crippen molar-refractivity contribution in [2.45, 2.75) is 13.8 Å². The number of benzene rings is 3. The standard InChI is InChI=1S/C28H20N2O6/c1-15-11-25(33)35-27-17(15)7-9-23(31)19(27)13-29-21-5-3-4-6-22(21)30-14-20-24(32)10-8-18-16(2)12-26(34)36-28(18)20/h3-14,31-32H,1-2H3. The summed E-state index contributed by atoms with van der Waals surface area (Å²) in [5, 5.41) is 22.2. The van der Waals surface area contributed by atoms with Crippen LogP contribution in [0, 0.1) is 13.8 Å². The van der Waals surface area contributed by atoms with Crippen LogP contribution in [0.3, 0.4) is 0 Å². The molecule has 5 rings (SSSR count). The fourth-order valence-electron chi connectivity index (χ4n) is 3.99. The molecular weight excluding hydrogens is 460 g/mol. The largest absolute Gasteiger partial charge is 0.507 e. The van der Waals surface area contributed by atoms with Gasteiger partial charge in [-0.05, 0) is 61.4 Å². The Bertz CT molecular complexity index is 1690. The van der Waals surface area contributed by atoms with Gasteiger partial charge in [0.25, 0.3) is 0 Å². The first-order valence-electron chi connectivity index (χ1n) is 11.0. The lowest BCUT2D eigenvalue weighted by Crippen LogP contribution is -2.00. The Morgan fingerprint density at radius 2 is 1.08 bits per heavy atom. The van der Waals surface area contributed by atoms with Crippen LogP contribution in [0.5, 0.6) is 11.5 Å². The number of phenolic OH excluding ortho intramolecular Hbond substituents is 2. The smallest absolute Gasteiger partial charge is 0.336 e. The molecule has 0 aliphatic rings. The molecule has 0 aliphatic carbocycles. The first-order valence-corrected chi connectivity index (χ1v) is 11.0. The van der Waals surface area contributed by atoms with E-state index in [1.807, 2.05) is 0 Å². The van der Waals surface area contributed by atoms with Gasteiger partial charge in [0, 0.05) is 35.3 Å². The zero-order valence-corrected chi connectivity index (χ0v) is 19.4. The van der Waals surface area contributed by atoms with Gasteiger partial charge in [0.05, 0.1) is 22.5 Å².